The van der Waals surface area contributed by atoms with Crippen LogP contribution >= 0.6 is 11.3 Å². The highest BCUT2D eigenvalue weighted by atomic mass is 32.1. The number of hydrogen-bond donors (Lipinski definition) is 1. The molecular formula is C19H18N2O3S. The Labute approximate surface area is 149 Å². The van der Waals surface area contributed by atoms with Crippen molar-refractivity contribution < 1.29 is 14.3 Å². The minimum absolute atomic E-state index is 0.242. The van der Waals surface area contributed by atoms with Crippen molar-refractivity contribution in [1.82, 2.24) is 4.98 Å². The number of nitrogens with one attached hydrogen (secondary N) is 1. The molecule has 0 fully saturated rings. The molecule has 0 radical (unpaired) electrons. The molecule has 0 unspecified atom stereocenters. The Morgan fingerprint density at radius 1 is 1.16 bits per heavy atom. The third kappa shape index (κ3) is 3.97. The standard InChI is InChI=1S/C19H18N2O3S/c1-12-4-8-15-17(10-12)25-19(20-15)21-18(22)9-6-13-5-7-14(23-2)11-16(13)24-3/h4-11H,1-3H3,(H,20,21,22). The van der Waals surface area contributed by atoms with E-state index in [0.717, 1.165) is 15.8 Å². The first-order valence-corrected chi connectivity index (χ1v) is 8.49. The zero-order valence-electron chi connectivity index (χ0n) is 14.2. The average Bonchev–Trinajstić information content (AvgIpc) is 3.00. The summed E-state index contributed by atoms with van der Waals surface area (Å²) in [6, 6.07) is 11.4. The molecular weight excluding hydrogens is 336 g/mol. The van der Waals surface area contributed by atoms with Gasteiger partial charge in [-0.3, -0.25) is 10.1 Å². The Hall–Kier alpha value is -2.86. The molecule has 128 valence electrons. The van der Waals surface area contributed by atoms with Gasteiger partial charge in [-0.15, -0.1) is 0 Å². The third-order valence-corrected chi connectivity index (χ3v) is 4.56. The highest BCUT2D eigenvalue weighted by Crippen LogP contribution is 2.27. The molecule has 1 aromatic heterocycles. The van der Waals surface area contributed by atoms with Crippen molar-refractivity contribution in [2.75, 3.05) is 19.5 Å². The number of benzene rings is 2. The van der Waals surface area contributed by atoms with Crippen LogP contribution in [0.3, 0.4) is 0 Å². The van der Waals surface area contributed by atoms with E-state index in [9.17, 15) is 4.79 Å². The lowest BCUT2D eigenvalue weighted by molar-refractivity contribution is -0.111. The number of aromatic nitrogens is 1. The van der Waals surface area contributed by atoms with Crippen LogP contribution in [0.15, 0.2) is 42.5 Å². The molecule has 0 saturated heterocycles. The van der Waals surface area contributed by atoms with Crippen molar-refractivity contribution in [2.24, 2.45) is 0 Å². The maximum atomic E-state index is 12.2. The first-order chi connectivity index (χ1) is 12.1. The van der Waals surface area contributed by atoms with Crippen LogP contribution in [0, 0.1) is 6.92 Å². The number of carbonyl (C=O) groups excluding carboxylic acids is 1. The molecule has 0 saturated carbocycles. The minimum atomic E-state index is -0.242. The van der Waals surface area contributed by atoms with E-state index in [1.807, 2.05) is 31.2 Å². The quantitative estimate of drug-likeness (QED) is 0.695. The summed E-state index contributed by atoms with van der Waals surface area (Å²) >= 11 is 1.46. The fourth-order valence-electron chi connectivity index (χ4n) is 2.35. The predicted octanol–water partition coefficient (Wildman–Crippen LogP) is 4.27. The van der Waals surface area contributed by atoms with Crippen molar-refractivity contribution in [3.63, 3.8) is 0 Å². The van der Waals surface area contributed by atoms with Crippen LogP contribution in [0.1, 0.15) is 11.1 Å². The predicted molar refractivity (Wildman–Crippen MR) is 102 cm³/mol. The monoisotopic (exact) mass is 354 g/mol. The van der Waals surface area contributed by atoms with Gasteiger partial charge in [-0.2, -0.15) is 0 Å². The molecule has 2 aromatic carbocycles. The van der Waals surface area contributed by atoms with Gasteiger partial charge in [0, 0.05) is 17.7 Å². The van der Waals surface area contributed by atoms with Gasteiger partial charge in [-0.05, 0) is 42.8 Å². The highest BCUT2D eigenvalue weighted by molar-refractivity contribution is 7.22. The van der Waals surface area contributed by atoms with Crippen molar-refractivity contribution in [3.05, 3.63) is 53.6 Å². The average molecular weight is 354 g/mol. The van der Waals surface area contributed by atoms with E-state index in [0.29, 0.717) is 16.6 Å². The normalized spacial score (nSPS) is 11.0. The van der Waals surface area contributed by atoms with Crippen LogP contribution in [0.5, 0.6) is 11.5 Å². The smallest absolute Gasteiger partial charge is 0.250 e. The molecule has 6 heteroatoms. The van der Waals surface area contributed by atoms with Crippen molar-refractivity contribution in [3.8, 4) is 11.5 Å². The van der Waals surface area contributed by atoms with E-state index in [1.165, 1.54) is 23.0 Å². The second-order valence-corrected chi connectivity index (χ2v) is 6.45. The third-order valence-electron chi connectivity index (χ3n) is 3.63. The lowest BCUT2D eigenvalue weighted by Crippen LogP contribution is -2.07. The molecule has 0 aliphatic rings. The molecule has 0 spiro atoms. The summed E-state index contributed by atoms with van der Waals surface area (Å²) in [4.78, 5) is 16.6. The summed E-state index contributed by atoms with van der Waals surface area (Å²) in [5, 5.41) is 3.38. The number of nitrogens with zero attached hydrogens (tertiary/aromatic N) is 1. The minimum Gasteiger partial charge on any atom is -0.497 e. The number of rotatable bonds is 5. The number of amides is 1. The second kappa shape index (κ2) is 7.36. The Bertz CT molecular complexity index is 947. The zero-order chi connectivity index (χ0) is 17.8. The van der Waals surface area contributed by atoms with E-state index in [1.54, 1.807) is 26.4 Å². The Morgan fingerprint density at radius 2 is 2.00 bits per heavy atom. The number of ether oxygens (including phenoxy) is 2. The van der Waals surface area contributed by atoms with Crippen molar-refractivity contribution in [2.45, 2.75) is 6.92 Å². The molecule has 3 aromatic rings. The summed E-state index contributed by atoms with van der Waals surface area (Å²) in [7, 11) is 3.17. The van der Waals surface area contributed by atoms with E-state index >= 15 is 0 Å². The molecule has 25 heavy (non-hydrogen) atoms. The maximum absolute atomic E-state index is 12.2. The number of anilines is 1. The van der Waals surface area contributed by atoms with E-state index in [4.69, 9.17) is 9.47 Å². The fourth-order valence-corrected chi connectivity index (χ4v) is 3.32. The Morgan fingerprint density at radius 3 is 2.76 bits per heavy atom. The lowest BCUT2D eigenvalue weighted by Gasteiger charge is -2.07. The molecule has 5 nitrogen and oxygen atoms in total. The van der Waals surface area contributed by atoms with Crippen molar-refractivity contribution in [1.29, 1.82) is 0 Å². The number of methoxy groups -OCH3 is 2. The molecule has 0 bridgehead atoms. The van der Waals surface area contributed by atoms with Gasteiger partial charge in [0.05, 0.1) is 24.4 Å². The first-order valence-electron chi connectivity index (χ1n) is 7.67. The van der Waals surface area contributed by atoms with E-state index < -0.39 is 0 Å². The van der Waals surface area contributed by atoms with Gasteiger partial charge in [0.1, 0.15) is 11.5 Å². The first kappa shape index (κ1) is 17.0. The summed E-state index contributed by atoms with van der Waals surface area (Å²) in [5.74, 6) is 1.09. The number of aryl methyl sites for hydroxylation is 1. The van der Waals surface area contributed by atoms with E-state index in [-0.39, 0.29) is 5.91 Å². The van der Waals surface area contributed by atoms with Crippen LogP contribution in [-0.2, 0) is 4.79 Å². The molecule has 1 heterocycles. The Kier molecular flexibility index (Phi) is 5.00. The van der Waals surface area contributed by atoms with Crippen LogP contribution in [0.4, 0.5) is 5.13 Å². The van der Waals surface area contributed by atoms with Crippen LogP contribution in [0.2, 0.25) is 0 Å². The largest absolute Gasteiger partial charge is 0.497 e. The van der Waals surface area contributed by atoms with Crippen LogP contribution in [0.25, 0.3) is 16.3 Å². The molecule has 1 amide bonds. The summed E-state index contributed by atoms with van der Waals surface area (Å²) in [5.41, 5.74) is 2.84. The number of carbonyl (C=O) groups is 1. The van der Waals surface area contributed by atoms with Gasteiger partial charge in [0.15, 0.2) is 5.13 Å². The molecule has 1 N–H and O–H groups in total. The lowest BCUT2D eigenvalue weighted by atomic mass is 10.1. The molecule has 0 aliphatic heterocycles. The van der Waals surface area contributed by atoms with Gasteiger partial charge in [0.25, 0.3) is 0 Å². The fraction of sp³-hybridized carbons (Fsp3) is 0.158. The summed E-state index contributed by atoms with van der Waals surface area (Å²) < 4.78 is 11.5. The van der Waals surface area contributed by atoms with Gasteiger partial charge >= 0.3 is 0 Å². The SMILES string of the molecule is COc1ccc(C=CC(=O)Nc2nc3ccc(C)cc3s2)c(OC)c1. The molecule has 0 atom stereocenters. The number of thiazole rings is 1. The summed E-state index contributed by atoms with van der Waals surface area (Å²) in [6.07, 6.45) is 3.16. The second-order valence-electron chi connectivity index (χ2n) is 5.42. The van der Waals surface area contributed by atoms with E-state index in [2.05, 4.69) is 16.4 Å². The van der Waals surface area contributed by atoms with Crippen LogP contribution in [-0.4, -0.2) is 25.1 Å². The van der Waals surface area contributed by atoms with Gasteiger partial charge in [-0.1, -0.05) is 17.4 Å². The molecule has 3 rings (SSSR count). The van der Waals surface area contributed by atoms with Gasteiger partial charge < -0.3 is 9.47 Å². The number of hydrogen-bond acceptors (Lipinski definition) is 5. The zero-order valence-corrected chi connectivity index (χ0v) is 15.0. The Balaban J connectivity index is 1.74. The van der Waals surface area contributed by atoms with Crippen molar-refractivity contribution >= 4 is 38.7 Å². The van der Waals surface area contributed by atoms with Gasteiger partial charge in [0.2, 0.25) is 5.91 Å². The van der Waals surface area contributed by atoms with Crippen LogP contribution < -0.4 is 14.8 Å². The maximum Gasteiger partial charge on any atom is 0.250 e. The molecule has 0 aliphatic carbocycles. The topological polar surface area (TPSA) is 60.5 Å². The highest BCUT2D eigenvalue weighted by Gasteiger charge is 2.07. The van der Waals surface area contributed by atoms with Gasteiger partial charge in [-0.25, -0.2) is 4.98 Å². The number of fused-ring (bicyclic) bond motifs is 1. The summed E-state index contributed by atoms with van der Waals surface area (Å²) in [6.45, 7) is 2.03.